The van der Waals surface area contributed by atoms with Gasteiger partial charge in [0.1, 0.15) is 12.5 Å². The SMILES string of the molecule is COC1CCCC(OC)N1. The van der Waals surface area contributed by atoms with Gasteiger partial charge in [0.15, 0.2) is 0 Å². The van der Waals surface area contributed by atoms with Crippen molar-refractivity contribution in [3.63, 3.8) is 0 Å². The van der Waals surface area contributed by atoms with Crippen LogP contribution in [0.3, 0.4) is 0 Å². The molecule has 1 aliphatic heterocycles. The average molecular weight is 145 g/mol. The Labute approximate surface area is 61.7 Å². The van der Waals surface area contributed by atoms with Gasteiger partial charge in [-0.3, -0.25) is 5.32 Å². The van der Waals surface area contributed by atoms with Gasteiger partial charge in [-0.1, -0.05) is 0 Å². The number of nitrogens with one attached hydrogen (secondary N) is 1. The molecule has 1 aliphatic rings. The Morgan fingerprint density at radius 2 is 1.60 bits per heavy atom. The van der Waals surface area contributed by atoms with E-state index in [4.69, 9.17) is 9.47 Å². The van der Waals surface area contributed by atoms with Crippen molar-refractivity contribution in [2.75, 3.05) is 14.2 Å². The molecule has 0 spiro atoms. The molecule has 0 radical (unpaired) electrons. The molecule has 0 bridgehead atoms. The van der Waals surface area contributed by atoms with Crippen molar-refractivity contribution < 1.29 is 9.47 Å². The van der Waals surface area contributed by atoms with Crippen molar-refractivity contribution in [2.45, 2.75) is 31.7 Å². The Balaban J connectivity index is 2.25. The van der Waals surface area contributed by atoms with Gasteiger partial charge in [0.05, 0.1) is 0 Å². The van der Waals surface area contributed by atoms with Gasteiger partial charge in [-0.2, -0.15) is 0 Å². The Hall–Kier alpha value is -0.120. The molecule has 2 unspecified atom stereocenters. The van der Waals surface area contributed by atoms with E-state index in [9.17, 15) is 0 Å². The van der Waals surface area contributed by atoms with E-state index in [1.165, 1.54) is 6.42 Å². The molecule has 1 saturated heterocycles. The highest BCUT2D eigenvalue weighted by molar-refractivity contribution is 4.67. The van der Waals surface area contributed by atoms with E-state index in [1.54, 1.807) is 14.2 Å². The average Bonchev–Trinajstić information content (AvgIpc) is 2.05. The van der Waals surface area contributed by atoms with Crippen LogP contribution in [0.15, 0.2) is 0 Å². The molecule has 60 valence electrons. The summed E-state index contributed by atoms with van der Waals surface area (Å²) in [5.41, 5.74) is 0. The predicted octanol–water partition coefficient (Wildman–Crippen LogP) is 0.705. The monoisotopic (exact) mass is 145 g/mol. The second-order valence-corrected chi connectivity index (χ2v) is 2.55. The van der Waals surface area contributed by atoms with Crippen LogP contribution in [0.2, 0.25) is 0 Å². The lowest BCUT2D eigenvalue weighted by Gasteiger charge is -2.28. The van der Waals surface area contributed by atoms with Crippen LogP contribution in [-0.4, -0.2) is 26.7 Å². The minimum Gasteiger partial charge on any atom is -0.367 e. The summed E-state index contributed by atoms with van der Waals surface area (Å²) in [6.45, 7) is 0. The van der Waals surface area contributed by atoms with Crippen LogP contribution in [0.25, 0.3) is 0 Å². The van der Waals surface area contributed by atoms with Crippen LogP contribution in [0.5, 0.6) is 0 Å². The molecule has 3 heteroatoms. The van der Waals surface area contributed by atoms with Crippen molar-refractivity contribution in [1.29, 1.82) is 0 Å². The summed E-state index contributed by atoms with van der Waals surface area (Å²) in [7, 11) is 3.44. The molecule has 1 N–H and O–H groups in total. The Bertz CT molecular complexity index is 87.6. The number of rotatable bonds is 2. The lowest BCUT2D eigenvalue weighted by molar-refractivity contribution is -0.0404. The van der Waals surface area contributed by atoms with Gasteiger partial charge >= 0.3 is 0 Å². The van der Waals surface area contributed by atoms with Gasteiger partial charge in [0.2, 0.25) is 0 Å². The number of methoxy groups -OCH3 is 2. The Morgan fingerprint density at radius 3 is 2.00 bits per heavy atom. The molecular formula is C7H15NO2. The topological polar surface area (TPSA) is 30.5 Å². The number of hydrogen-bond acceptors (Lipinski definition) is 3. The van der Waals surface area contributed by atoms with Gasteiger partial charge in [-0.05, 0) is 19.3 Å². The highest BCUT2D eigenvalue weighted by atomic mass is 16.5. The number of piperidine rings is 1. The minimum atomic E-state index is 0.193. The number of hydrogen-bond donors (Lipinski definition) is 1. The zero-order valence-corrected chi connectivity index (χ0v) is 6.59. The Kier molecular flexibility index (Phi) is 3.12. The van der Waals surface area contributed by atoms with Gasteiger partial charge in [-0.15, -0.1) is 0 Å². The van der Waals surface area contributed by atoms with Crippen LogP contribution in [0.1, 0.15) is 19.3 Å². The summed E-state index contributed by atoms with van der Waals surface area (Å²) in [5, 5.41) is 3.21. The van der Waals surface area contributed by atoms with E-state index >= 15 is 0 Å². The first-order chi connectivity index (χ1) is 4.86. The minimum absolute atomic E-state index is 0.193. The van der Waals surface area contributed by atoms with E-state index in [0.29, 0.717) is 0 Å². The highest BCUT2D eigenvalue weighted by Gasteiger charge is 2.19. The zero-order valence-electron chi connectivity index (χ0n) is 6.59. The molecular weight excluding hydrogens is 130 g/mol. The fourth-order valence-corrected chi connectivity index (χ4v) is 1.23. The molecule has 2 atom stereocenters. The van der Waals surface area contributed by atoms with Crippen molar-refractivity contribution in [3.05, 3.63) is 0 Å². The predicted molar refractivity (Wildman–Crippen MR) is 38.6 cm³/mol. The third-order valence-electron chi connectivity index (χ3n) is 1.87. The van der Waals surface area contributed by atoms with Gasteiger partial charge < -0.3 is 9.47 Å². The first kappa shape index (κ1) is 7.98. The van der Waals surface area contributed by atoms with Crippen molar-refractivity contribution >= 4 is 0 Å². The summed E-state index contributed by atoms with van der Waals surface area (Å²) < 4.78 is 10.3. The molecule has 1 heterocycles. The second kappa shape index (κ2) is 3.91. The van der Waals surface area contributed by atoms with Crippen LogP contribution in [-0.2, 0) is 9.47 Å². The van der Waals surface area contributed by atoms with Crippen LogP contribution in [0, 0.1) is 0 Å². The Morgan fingerprint density at radius 1 is 1.10 bits per heavy atom. The second-order valence-electron chi connectivity index (χ2n) is 2.55. The fourth-order valence-electron chi connectivity index (χ4n) is 1.23. The largest absolute Gasteiger partial charge is 0.367 e. The van der Waals surface area contributed by atoms with E-state index < -0.39 is 0 Å². The summed E-state index contributed by atoms with van der Waals surface area (Å²) in [4.78, 5) is 0. The summed E-state index contributed by atoms with van der Waals surface area (Å²) >= 11 is 0. The molecule has 0 aromatic heterocycles. The first-order valence-corrected chi connectivity index (χ1v) is 3.68. The molecule has 0 amide bonds. The molecule has 10 heavy (non-hydrogen) atoms. The van der Waals surface area contributed by atoms with E-state index in [2.05, 4.69) is 5.32 Å². The number of ether oxygens (including phenoxy) is 2. The zero-order chi connectivity index (χ0) is 7.40. The molecule has 0 saturated carbocycles. The summed E-state index contributed by atoms with van der Waals surface area (Å²) in [6.07, 6.45) is 3.76. The molecule has 0 aromatic carbocycles. The highest BCUT2D eigenvalue weighted by Crippen LogP contribution is 2.12. The molecule has 0 aromatic rings. The molecule has 3 nitrogen and oxygen atoms in total. The maximum absolute atomic E-state index is 5.13. The van der Waals surface area contributed by atoms with Crippen LogP contribution >= 0.6 is 0 Å². The van der Waals surface area contributed by atoms with E-state index in [1.807, 2.05) is 0 Å². The third kappa shape index (κ3) is 1.94. The maximum Gasteiger partial charge on any atom is 0.109 e. The molecule has 1 fully saturated rings. The van der Waals surface area contributed by atoms with Crippen molar-refractivity contribution in [2.24, 2.45) is 0 Å². The summed E-state index contributed by atoms with van der Waals surface area (Å²) in [6, 6.07) is 0. The first-order valence-electron chi connectivity index (χ1n) is 3.68. The fraction of sp³-hybridized carbons (Fsp3) is 1.00. The van der Waals surface area contributed by atoms with E-state index in [0.717, 1.165) is 12.8 Å². The van der Waals surface area contributed by atoms with Crippen LogP contribution in [0.4, 0.5) is 0 Å². The lowest BCUT2D eigenvalue weighted by Crippen LogP contribution is -2.44. The summed E-state index contributed by atoms with van der Waals surface area (Å²) in [5.74, 6) is 0. The smallest absolute Gasteiger partial charge is 0.109 e. The van der Waals surface area contributed by atoms with Crippen molar-refractivity contribution in [1.82, 2.24) is 5.32 Å². The van der Waals surface area contributed by atoms with Gasteiger partial charge in [-0.25, -0.2) is 0 Å². The van der Waals surface area contributed by atoms with Gasteiger partial charge in [0, 0.05) is 14.2 Å². The normalized spacial score (nSPS) is 34.2. The van der Waals surface area contributed by atoms with Gasteiger partial charge in [0.25, 0.3) is 0 Å². The van der Waals surface area contributed by atoms with Crippen molar-refractivity contribution in [3.8, 4) is 0 Å². The van der Waals surface area contributed by atoms with Crippen LogP contribution < -0.4 is 5.32 Å². The third-order valence-corrected chi connectivity index (χ3v) is 1.87. The standard InChI is InChI=1S/C7H15NO2/c1-9-6-4-3-5-7(8-6)10-2/h6-8H,3-5H2,1-2H3. The maximum atomic E-state index is 5.13. The quantitative estimate of drug-likeness (QED) is 0.620. The van der Waals surface area contributed by atoms with E-state index in [-0.39, 0.29) is 12.5 Å². The lowest BCUT2D eigenvalue weighted by atomic mass is 10.1. The molecule has 1 rings (SSSR count). The molecule has 0 aliphatic carbocycles.